The van der Waals surface area contributed by atoms with E-state index in [1.807, 2.05) is 0 Å². The average Bonchev–Trinajstić information content (AvgIpc) is 1.60. The van der Waals surface area contributed by atoms with E-state index >= 15 is 0 Å². The summed E-state index contributed by atoms with van der Waals surface area (Å²) in [5, 5.41) is 0. The molecule has 1 aliphatic carbocycles. The number of nitrogens with two attached hydrogens (primary N) is 1. The molecule has 0 aromatic heterocycles. The van der Waals surface area contributed by atoms with Gasteiger partial charge in [0.2, 0.25) is 0 Å². The molecule has 0 heterocycles. The summed E-state index contributed by atoms with van der Waals surface area (Å²) in [7, 11) is 0. The largest absolute Gasteiger partial charge is 0.320 e. The lowest BCUT2D eigenvalue weighted by atomic mass is 9.78. The van der Waals surface area contributed by atoms with Crippen molar-refractivity contribution in [2.24, 2.45) is 5.73 Å². The van der Waals surface area contributed by atoms with Crippen LogP contribution in [0.2, 0.25) is 0 Å². The first kappa shape index (κ1) is 5.95. The Hall–Kier alpha value is -0.180. The summed E-state index contributed by atoms with van der Waals surface area (Å²) in [5.41, 5.74) is 4.08. The molecule has 1 saturated carbocycles. The molecule has 2 N–H and O–H groups in total. The number of rotatable bonds is 1. The molecule has 0 aromatic rings. The van der Waals surface area contributed by atoms with Crippen LogP contribution in [0.25, 0.3) is 0 Å². The van der Waals surface area contributed by atoms with Crippen molar-refractivity contribution in [3.8, 4) is 0 Å². The predicted octanol–water partition coefficient (Wildman–Crippen LogP) is 1.13. The van der Waals surface area contributed by atoms with E-state index in [4.69, 9.17) is 5.73 Å². The van der Waals surface area contributed by atoms with E-state index in [9.17, 15) is 8.78 Å². The quantitative estimate of drug-likeness (QED) is 0.553. The van der Waals surface area contributed by atoms with Crippen molar-refractivity contribution in [3.05, 3.63) is 0 Å². The van der Waals surface area contributed by atoms with Crippen LogP contribution in [0.5, 0.6) is 0 Å². The molecular formula is C5H9F2N. The van der Waals surface area contributed by atoms with Crippen molar-refractivity contribution in [3.63, 3.8) is 0 Å². The Bertz CT molecular complexity index is 88.4. The molecule has 0 amide bonds. The molecule has 1 nitrogen and oxygen atoms in total. The van der Waals surface area contributed by atoms with Crippen molar-refractivity contribution in [1.82, 2.24) is 0 Å². The van der Waals surface area contributed by atoms with E-state index in [-0.39, 0.29) is 0 Å². The molecule has 0 radical (unpaired) electrons. The highest BCUT2D eigenvalue weighted by molar-refractivity contribution is 4.94. The summed E-state index contributed by atoms with van der Waals surface area (Å²) < 4.78 is 23.5. The summed E-state index contributed by atoms with van der Waals surface area (Å²) in [6.45, 7) is 0. The highest BCUT2D eigenvalue weighted by atomic mass is 19.3. The van der Waals surface area contributed by atoms with Crippen molar-refractivity contribution >= 4 is 0 Å². The van der Waals surface area contributed by atoms with Crippen LogP contribution >= 0.6 is 0 Å². The summed E-state index contributed by atoms with van der Waals surface area (Å²) in [5.74, 6) is 0. The van der Waals surface area contributed by atoms with Gasteiger partial charge in [-0.1, -0.05) is 0 Å². The lowest BCUT2D eigenvalue weighted by molar-refractivity contribution is 0.00787. The van der Waals surface area contributed by atoms with Crippen molar-refractivity contribution < 1.29 is 8.78 Å². The van der Waals surface area contributed by atoms with Gasteiger partial charge in [-0.25, -0.2) is 8.78 Å². The van der Waals surface area contributed by atoms with Gasteiger partial charge in [0.15, 0.2) is 0 Å². The molecule has 0 atom stereocenters. The fraction of sp³-hybridized carbons (Fsp3) is 1.00. The maximum atomic E-state index is 11.7. The Morgan fingerprint density at radius 3 is 1.88 bits per heavy atom. The van der Waals surface area contributed by atoms with Crippen molar-refractivity contribution in [2.75, 3.05) is 0 Å². The number of hydrogen-bond donors (Lipinski definition) is 1. The van der Waals surface area contributed by atoms with Crippen LogP contribution in [-0.4, -0.2) is 12.0 Å². The Kier molecular flexibility index (Phi) is 1.23. The van der Waals surface area contributed by atoms with E-state index in [1.165, 1.54) is 0 Å². The molecule has 3 heteroatoms. The van der Waals surface area contributed by atoms with Crippen LogP contribution in [0.1, 0.15) is 19.3 Å². The van der Waals surface area contributed by atoms with Crippen LogP contribution in [0.4, 0.5) is 8.78 Å². The van der Waals surface area contributed by atoms with Crippen LogP contribution in [0.15, 0.2) is 0 Å². The molecule has 8 heavy (non-hydrogen) atoms. The zero-order valence-electron chi connectivity index (χ0n) is 4.53. The summed E-state index contributed by atoms with van der Waals surface area (Å²) in [4.78, 5) is 0. The second kappa shape index (κ2) is 1.65. The topological polar surface area (TPSA) is 26.0 Å². The van der Waals surface area contributed by atoms with Gasteiger partial charge in [0.1, 0.15) is 0 Å². The van der Waals surface area contributed by atoms with Gasteiger partial charge in [-0.05, 0) is 19.3 Å². The summed E-state index contributed by atoms with van der Waals surface area (Å²) in [6, 6.07) is 0. The minimum absolute atomic E-state index is 0.491. The van der Waals surface area contributed by atoms with Crippen molar-refractivity contribution in [1.29, 1.82) is 0 Å². The first-order chi connectivity index (χ1) is 3.65. The maximum absolute atomic E-state index is 11.7. The molecule has 1 fully saturated rings. The van der Waals surface area contributed by atoms with E-state index in [2.05, 4.69) is 0 Å². The van der Waals surface area contributed by atoms with Gasteiger partial charge in [0, 0.05) is 0 Å². The second-order valence-corrected chi connectivity index (χ2v) is 2.39. The first-order valence-corrected chi connectivity index (χ1v) is 2.72. The monoisotopic (exact) mass is 121 g/mol. The van der Waals surface area contributed by atoms with Gasteiger partial charge in [0.05, 0.1) is 5.54 Å². The van der Waals surface area contributed by atoms with Gasteiger partial charge in [-0.3, -0.25) is 0 Å². The SMILES string of the molecule is NC1(C(F)F)CCC1. The van der Waals surface area contributed by atoms with E-state index < -0.39 is 12.0 Å². The Morgan fingerprint density at radius 1 is 1.38 bits per heavy atom. The third kappa shape index (κ3) is 0.708. The van der Waals surface area contributed by atoms with Gasteiger partial charge in [-0.15, -0.1) is 0 Å². The molecule has 0 bridgehead atoms. The van der Waals surface area contributed by atoms with Crippen LogP contribution < -0.4 is 5.73 Å². The van der Waals surface area contributed by atoms with Crippen LogP contribution in [0, 0.1) is 0 Å². The molecule has 0 aromatic carbocycles. The molecule has 1 rings (SSSR count). The minimum Gasteiger partial charge on any atom is -0.320 e. The number of halogens is 2. The zero-order valence-corrected chi connectivity index (χ0v) is 4.53. The van der Waals surface area contributed by atoms with Gasteiger partial charge in [-0.2, -0.15) is 0 Å². The van der Waals surface area contributed by atoms with Crippen LogP contribution in [0.3, 0.4) is 0 Å². The fourth-order valence-electron chi connectivity index (χ4n) is 0.803. The predicted molar refractivity (Wildman–Crippen MR) is 26.8 cm³/mol. The zero-order chi connectivity index (χ0) is 6.20. The third-order valence-corrected chi connectivity index (χ3v) is 1.72. The maximum Gasteiger partial charge on any atom is 0.256 e. The lowest BCUT2D eigenvalue weighted by Gasteiger charge is -2.36. The Balaban J connectivity index is 2.41. The second-order valence-electron chi connectivity index (χ2n) is 2.39. The minimum atomic E-state index is -2.32. The molecule has 0 aliphatic heterocycles. The Morgan fingerprint density at radius 2 is 1.88 bits per heavy atom. The lowest BCUT2D eigenvalue weighted by Crippen LogP contribution is -2.52. The molecule has 48 valence electrons. The van der Waals surface area contributed by atoms with Crippen LogP contribution in [-0.2, 0) is 0 Å². The average molecular weight is 121 g/mol. The van der Waals surface area contributed by atoms with E-state index in [1.54, 1.807) is 0 Å². The van der Waals surface area contributed by atoms with Gasteiger partial charge in [0.25, 0.3) is 6.43 Å². The van der Waals surface area contributed by atoms with Gasteiger partial charge >= 0.3 is 0 Å². The molecular weight excluding hydrogens is 112 g/mol. The number of hydrogen-bond acceptors (Lipinski definition) is 1. The molecule has 0 spiro atoms. The van der Waals surface area contributed by atoms with E-state index in [0.717, 1.165) is 6.42 Å². The smallest absolute Gasteiger partial charge is 0.256 e. The summed E-state index contributed by atoms with van der Waals surface area (Å²) >= 11 is 0. The number of alkyl halides is 2. The van der Waals surface area contributed by atoms with Crippen molar-refractivity contribution in [2.45, 2.75) is 31.2 Å². The highest BCUT2D eigenvalue weighted by Gasteiger charge is 2.41. The third-order valence-electron chi connectivity index (χ3n) is 1.72. The first-order valence-electron chi connectivity index (χ1n) is 2.72. The molecule has 1 aliphatic rings. The Labute approximate surface area is 46.9 Å². The normalized spacial score (nSPS) is 25.5. The molecule has 0 unspecified atom stereocenters. The molecule has 0 saturated heterocycles. The van der Waals surface area contributed by atoms with Gasteiger partial charge < -0.3 is 5.73 Å². The highest BCUT2D eigenvalue weighted by Crippen LogP contribution is 2.34. The standard InChI is InChI=1S/C5H9F2N/c6-4(7)5(8)2-1-3-5/h4H,1-3,8H2. The van der Waals surface area contributed by atoms with E-state index in [0.29, 0.717) is 12.8 Å². The fourth-order valence-corrected chi connectivity index (χ4v) is 0.803. The summed E-state index contributed by atoms with van der Waals surface area (Å²) in [6.07, 6.45) is -0.479.